The summed E-state index contributed by atoms with van der Waals surface area (Å²) in [7, 11) is 1.91. The van der Waals surface area contributed by atoms with E-state index in [4.69, 9.17) is 0 Å². The van der Waals surface area contributed by atoms with E-state index in [9.17, 15) is 4.79 Å². The van der Waals surface area contributed by atoms with E-state index in [1.54, 1.807) is 0 Å². The molecule has 0 aliphatic carbocycles. The van der Waals surface area contributed by atoms with Gasteiger partial charge < -0.3 is 4.90 Å². The Balaban J connectivity index is 2.05. The molecule has 1 aliphatic rings. The van der Waals surface area contributed by atoms with E-state index in [-0.39, 0.29) is 11.9 Å². The molecule has 0 saturated carbocycles. The lowest BCUT2D eigenvalue weighted by atomic mass is 10.0. The van der Waals surface area contributed by atoms with Crippen LogP contribution >= 0.6 is 0 Å². The van der Waals surface area contributed by atoms with Gasteiger partial charge in [-0.2, -0.15) is 0 Å². The predicted octanol–water partition coefficient (Wildman–Crippen LogP) is 1.91. The van der Waals surface area contributed by atoms with Gasteiger partial charge in [0, 0.05) is 39.1 Å². The van der Waals surface area contributed by atoms with Crippen LogP contribution in [0, 0.1) is 0 Å². The maximum absolute atomic E-state index is 12.3. The lowest BCUT2D eigenvalue weighted by Gasteiger charge is -2.39. The Hall–Kier alpha value is -1.42. The number of rotatable bonds is 5. The summed E-state index contributed by atoms with van der Waals surface area (Å²) in [6.07, 6.45) is 6.83. The molecule has 4 nitrogen and oxygen atoms in total. The molecule has 1 saturated heterocycles. The van der Waals surface area contributed by atoms with E-state index in [0.717, 1.165) is 38.9 Å². The first kappa shape index (κ1) is 14.0. The molecular formula is C15H23N3O. The Kier molecular flexibility index (Phi) is 4.91. The average Bonchev–Trinajstić information content (AvgIpc) is 2.44. The van der Waals surface area contributed by atoms with E-state index in [1.165, 1.54) is 5.56 Å². The summed E-state index contributed by atoms with van der Waals surface area (Å²) in [6, 6.07) is 4.10. The van der Waals surface area contributed by atoms with E-state index >= 15 is 0 Å². The van der Waals surface area contributed by atoms with Crippen LogP contribution in [0.3, 0.4) is 0 Å². The van der Waals surface area contributed by atoms with Crippen molar-refractivity contribution in [2.75, 3.05) is 20.1 Å². The van der Waals surface area contributed by atoms with Crippen LogP contribution in [-0.2, 0) is 11.3 Å². The Bertz CT molecular complexity index is 407. The van der Waals surface area contributed by atoms with Gasteiger partial charge in [-0.15, -0.1) is 0 Å². The molecule has 0 radical (unpaired) electrons. The van der Waals surface area contributed by atoms with Gasteiger partial charge in [0.2, 0.25) is 5.91 Å². The minimum Gasteiger partial charge on any atom is -0.343 e. The van der Waals surface area contributed by atoms with Crippen molar-refractivity contribution in [3.63, 3.8) is 0 Å². The first-order valence-electron chi connectivity index (χ1n) is 7.10. The number of hydrogen-bond acceptors (Lipinski definition) is 3. The van der Waals surface area contributed by atoms with Gasteiger partial charge in [-0.1, -0.05) is 19.8 Å². The summed E-state index contributed by atoms with van der Waals surface area (Å²) in [4.78, 5) is 20.5. The first-order valence-corrected chi connectivity index (χ1v) is 7.10. The number of unbranched alkanes of at least 4 members (excludes halogenated alkanes) is 1. The monoisotopic (exact) mass is 261 g/mol. The number of nitrogens with zero attached hydrogens (tertiary/aromatic N) is 3. The average molecular weight is 261 g/mol. The molecule has 2 heterocycles. The van der Waals surface area contributed by atoms with Crippen LogP contribution in [-0.4, -0.2) is 46.9 Å². The highest BCUT2D eigenvalue weighted by Gasteiger charge is 2.32. The van der Waals surface area contributed by atoms with Gasteiger partial charge in [-0.05, 0) is 24.1 Å². The van der Waals surface area contributed by atoms with Gasteiger partial charge in [0.15, 0.2) is 0 Å². The fraction of sp³-hybridized carbons (Fsp3) is 0.600. The molecule has 0 aromatic carbocycles. The number of likely N-dealkylation sites (N-methyl/N-ethyl adjacent to an activating group) is 1. The molecule has 0 spiro atoms. The van der Waals surface area contributed by atoms with E-state index < -0.39 is 0 Å². The van der Waals surface area contributed by atoms with Crippen molar-refractivity contribution >= 4 is 5.91 Å². The molecule has 0 N–H and O–H groups in total. The van der Waals surface area contributed by atoms with Crippen molar-refractivity contribution < 1.29 is 4.79 Å². The summed E-state index contributed by atoms with van der Waals surface area (Å²) in [5.74, 6) is 0.272. The van der Waals surface area contributed by atoms with Crippen molar-refractivity contribution in [2.45, 2.75) is 38.8 Å². The van der Waals surface area contributed by atoms with E-state index in [2.05, 4.69) is 16.8 Å². The maximum Gasteiger partial charge on any atom is 0.239 e. The lowest BCUT2D eigenvalue weighted by molar-refractivity contribution is -0.140. The predicted molar refractivity (Wildman–Crippen MR) is 75.6 cm³/mol. The molecular weight excluding hydrogens is 238 g/mol. The molecule has 19 heavy (non-hydrogen) atoms. The molecule has 1 aliphatic heterocycles. The third-order valence-corrected chi connectivity index (χ3v) is 3.79. The van der Waals surface area contributed by atoms with Gasteiger partial charge in [0.05, 0.1) is 6.04 Å². The van der Waals surface area contributed by atoms with Crippen LogP contribution in [0.1, 0.15) is 31.7 Å². The zero-order valence-corrected chi connectivity index (χ0v) is 11.9. The van der Waals surface area contributed by atoms with Crippen molar-refractivity contribution in [2.24, 2.45) is 0 Å². The molecule has 1 aromatic rings. The quantitative estimate of drug-likeness (QED) is 0.812. The molecule has 1 atom stereocenters. The van der Waals surface area contributed by atoms with Gasteiger partial charge >= 0.3 is 0 Å². The topological polar surface area (TPSA) is 36.4 Å². The van der Waals surface area contributed by atoms with Crippen molar-refractivity contribution in [3.05, 3.63) is 30.1 Å². The Morgan fingerprint density at radius 3 is 2.74 bits per heavy atom. The third kappa shape index (κ3) is 3.53. The SMILES string of the molecule is CCCCC1C(=O)N(C)CCN1Cc1ccncc1. The van der Waals surface area contributed by atoms with Crippen LogP contribution < -0.4 is 0 Å². The number of aromatic nitrogens is 1. The van der Waals surface area contributed by atoms with Gasteiger partial charge in [-0.3, -0.25) is 14.7 Å². The molecule has 4 heteroatoms. The second-order valence-corrected chi connectivity index (χ2v) is 5.24. The number of carbonyl (C=O) groups excluding carboxylic acids is 1. The summed E-state index contributed by atoms with van der Waals surface area (Å²) in [5, 5.41) is 0. The van der Waals surface area contributed by atoms with Crippen molar-refractivity contribution in [1.82, 2.24) is 14.8 Å². The zero-order valence-electron chi connectivity index (χ0n) is 11.9. The van der Waals surface area contributed by atoms with Crippen LogP contribution in [0.25, 0.3) is 0 Å². The fourth-order valence-electron chi connectivity index (χ4n) is 2.57. The maximum atomic E-state index is 12.3. The summed E-state index contributed by atoms with van der Waals surface area (Å²) in [5.41, 5.74) is 1.23. The molecule has 104 valence electrons. The second kappa shape index (κ2) is 6.66. The summed E-state index contributed by atoms with van der Waals surface area (Å²) in [6.45, 7) is 4.80. The largest absolute Gasteiger partial charge is 0.343 e. The number of hydrogen-bond donors (Lipinski definition) is 0. The van der Waals surface area contributed by atoms with E-state index in [1.807, 2.05) is 36.5 Å². The number of carbonyl (C=O) groups is 1. The summed E-state index contributed by atoms with van der Waals surface area (Å²) < 4.78 is 0. The molecule has 2 rings (SSSR count). The van der Waals surface area contributed by atoms with Crippen molar-refractivity contribution in [1.29, 1.82) is 0 Å². The van der Waals surface area contributed by atoms with Crippen LogP contribution in [0.5, 0.6) is 0 Å². The molecule has 1 amide bonds. The molecule has 0 bridgehead atoms. The highest BCUT2D eigenvalue weighted by Crippen LogP contribution is 2.18. The Labute approximate surface area is 115 Å². The summed E-state index contributed by atoms with van der Waals surface area (Å²) >= 11 is 0. The highest BCUT2D eigenvalue weighted by molar-refractivity contribution is 5.82. The van der Waals surface area contributed by atoms with Crippen LogP contribution in [0.4, 0.5) is 0 Å². The minimum atomic E-state index is 0.0480. The Morgan fingerprint density at radius 2 is 2.05 bits per heavy atom. The Morgan fingerprint density at radius 1 is 1.32 bits per heavy atom. The fourth-order valence-corrected chi connectivity index (χ4v) is 2.57. The van der Waals surface area contributed by atoms with Gasteiger partial charge in [0.25, 0.3) is 0 Å². The number of amides is 1. The minimum absolute atomic E-state index is 0.0480. The van der Waals surface area contributed by atoms with Gasteiger partial charge in [-0.25, -0.2) is 0 Å². The second-order valence-electron chi connectivity index (χ2n) is 5.24. The first-order chi connectivity index (χ1) is 9.22. The van der Waals surface area contributed by atoms with Crippen LogP contribution in [0.2, 0.25) is 0 Å². The smallest absolute Gasteiger partial charge is 0.239 e. The standard InChI is InChI=1S/C15H23N3O/c1-3-4-5-14-15(19)17(2)10-11-18(14)12-13-6-8-16-9-7-13/h6-9,14H,3-5,10-12H2,1-2H3. The lowest BCUT2D eigenvalue weighted by Crippen LogP contribution is -2.55. The zero-order chi connectivity index (χ0) is 13.7. The number of pyridine rings is 1. The third-order valence-electron chi connectivity index (χ3n) is 3.79. The normalized spacial score (nSPS) is 20.8. The molecule has 1 unspecified atom stereocenters. The van der Waals surface area contributed by atoms with Gasteiger partial charge in [0.1, 0.15) is 0 Å². The molecule has 1 fully saturated rings. The number of piperazine rings is 1. The van der Waals surface area contributed by atoms with Crippen LogP contribution in [0.15, 0.2) is 24.5 Å². The van der Waals surface area contributed by atoms with Crippen molar-refractivity contribution in [3.8, 4) is 0 Å². The highest BCUT2D eigenvalue weighted by atomic mass is 16.2. The molecule has 1 aromatic heterocycles. The van der Waals surface area contributed by atoms with E-state index in [0.29, 0.717) is 0 Å².